The van der Waals surface area contributed by atoms with E-state index in [1.165, 1.54) is 4.68 Å². The summed E-state index contributed by atoms with van der Waals surface area (Å²) in [7, 11) is 0. The molecule has 6 unspecified atom stereocenters. The first kappa shape index (κ1) is 37.4. The van der Waals surface area contributed by atoms with Crippen molar-refractivity contribution in [2.45, 2.75) is 114 Å². The molecule has 1 aromatic rings. The molecular formula is C27H48N6O12. The van der Waals surface area contributed by atoms with Gasteiger partial charge in [0.15, 0.2) is 12.6 Å². The van der Waals surface area contributed by atoms with Gasteiger partial charge in [0.05, 0.1) is 57.9 Å². The summed E-state index contributed by atoms with van der Waals surface area (Å²) in [5, 5.41) is 74.3. The third-order valence-electron chi connectivity index (χ3n) is 7.56. The van der Waals surface area contributed by atoms with E-state index in [0.29, 0.717) is 32.1 Å². The monoisotopic (exact) mass is 648 g/mol. The van der Waals surface area contributed by atoms with Gasteiger partial charge in [0.1, 0.15) is 42.3 Å². The van der Waals surface area contributed by atoms with Crippen molar-refractivity contribution < 1.29 is 59.1 Å². The Morgan fingerprint density at radius 1 is 0.956 bits per heavy atom. The van der Waals surface area contributed by atoms with E-state index in [2.05, 4.69) is 34.2 Å². The highest BCUT2D eigenvalue weighted by Gasteiger charge is 2.48. The lowest BCUT2D eigenvalue weighted by atomic mass is 9.96. The molecule has 0 aromatic carbocycles. The van der Waals surface area contributed by atoms with Crippen molar-refractivity contribution in [2.24, 2.45) is 11.0 Å². The van der Waals surface area contributed by atoms with Crippen molar-refractivity contribution in [3.63, 3.8) is 0 Å². The Kier molecular flexibility index (Phi) is 16.3. The van der Waals surface area contributed by atoms with Gasteiger partial charge in [0.2, 0.25) is 0 Å². The molecule has 18 heteroatoms. The van der Waals surface area contributed by atoms with Gasteiger partial charge in [-0.05, 0) is 18.4 Å². The Hall–Kier alpha value is -2.03. The first-order valence-electron chi connectivity index (χ1n) is 15.4. The van der Waals surface area contributed by atoms with Gasteiger partial charge in [0, 0.05) is 24.0 Å². The molecule has 18 nitrogen and oxygen atoms in total. The van der Waals surface area contributed by atoms with Crippen molar-refractivity contribution in [3.8, 4) is 0 Å². The van der Waals surface area contributed by atoms with Crippen molar-refractivity contribution in [1.82, 2.24) is 15.0 Å². The number of hydrogen-bond donors (Lipinski definition) is 6. The predicted molar refractivity (Wildman–Crippen MR) is 153 cm³/mol. The highest BCUT2D eigenvalue weighted by molar-refractivity contribution is 4.93. The van der Waals surface area contributed by atoms with Crippen LogP contribution in [0.2, 0.25) is 0 Å². The Morgan fingerprint density at radius 2 is 1.60 bits per heavy atom. The molecule has 2 aliphatic heterocycles. The Bertz CT molecular complexity index is 1010. The van der Waals surface area contributed by atoms with Gasteiger partial charge in [-0.3, -0.25) is 4.68 Å². The minimum Gasteiger partial charge on any atom is -0.390 e. The predicted octanol–water partition coefficient (Wildman–Crippen LogP) is -1.01. The molecule has 2 saturated heterocycles. The second-order valence-corrected chi connectivity index (χ2v) is 11.2. The highest BCUT2D eigenvalue weighted by atomic mass is 16.8. The van der Waals surface area contributed by atoms with E-state index in [1.54, 1.807) is 6.20 Å². The summed E-state index contributed by atoms with van der Waals surface area (Å²) in [5.74, 6) is -0.771. The number of aromatic nitrogens is 3. The summed E-state index contributed by atoms with van der Waals surface area (Å²) in [4.78, 5) is 2.58. The van der Waals surface area contributed by atoms with Crippen LogP contribution in [0.3, 0.4) is 0 Å². The Morgan fingerprint density at radius 3 is 2.24 bits per heavy atom. The van der Waals surface area contributed by atoms with Crippen LogP contribution < -0.4 is 0 Å². The van der Waals surface area contributed by atoms with E-state index in [4.69, 9.17) is 34.0 Å². The molecular weight excluding hydrogens is 600 g/mol. The highest BCUT2D eigenvalue weighted by Crippen LogP contribution is 2.28. The maximum absolute atomic E-state index is 10.8. The molecule has 0 amide bonds. The van der Waals surface area contributed by atoms with E-state index >= 15 is 0 Å². The molecule has 3 heterocycles. The van der Waals surface area contributed by atoms with Crippen LogP contribution in [0, 0.1) is 5.92 Å². The SMILES string of the molecule is CCCCOCC(COCCCC)OCc1cn(CC2CO[C@H](O[C@H]3OC(CN=[N+]=[N-])[C@@H](O)C(O)C3O)C(O)C(O)[C@@H]2O)nn1. The fraction of sp³-hybridized carbons (Fsp3) is 0.926. The molecule has 258 valence electrons. The minimum absolute atomic E-state index is 0.0516. The third kappa shape index (κ3) is 11.3. The molecule has 0 aliphatic carbocycles. The number of unbranched alkanes of at least 4 members (excludes halogenated alkanes) is 2. The summed E-state index contributed by atoms with van der Waals surface area (Å²) in [6.45, 7) is 5.82. The van der Waals surface area contributed by atoms with Crippen LogP contribution in [0.5, 0.6) is 0 Å². The third-order valence-corrected chi connectivity index (χ3v) is 7.56. The molecule has 45 heavy (non-hydrogen) atoms. The van der Waals surface area contributed by atoms with Crippen LogP contribution in [0.25, 0.3) is 10.4 Å². The standard InChI is InChI=1S/C27H48N6O12/c1-3-5-7-40-14-18(15-41-8-6-4-2)42-13-17-11-33(32-30-17)10-16-12-43-26(24(38)22(36)20(16)34)45-27-25(39)23(37)21(35)19(44-27)9-29-31-28/h11,16,18-27,34-39H,3-10,12-15H2,1-2H3/t16?,19?,20-,21-,22?,23?,24?,25?,26-,27-/m1/s1. The van der Waals surface area contributed by atoms with Crippen molar-refractivity contribution in [2.75, 3.05) is 39.6 Å². The molecule has 2 fully saturated rings. The van der Waals surface area contributed by atoms with E-state index in [9.17, 15) is 30.6 Å². The molecule has 3 rings (SSSR count). The van der Waals surface area contributed by atoms with Gasteiger partial charge in [-0.15, -0.1) is 5.10 Å². The molecule has 0 saturated carbocycles. The number of ether oxygens (including phenoxy) is 6. The van der Waals surface area contributed by atoms with Crippen molar-refractivity contribution in [1.29, 1.82) is 0 Å². The normalized spacial score (nSPS) is 32.4. The number of nitrogens with zero attached hydrogens (tertiary/aromatic N) is 6. The average molecular weight is 649 g/mol. The lowest BCUT2D eigenvalue weighted by Crippen LogP contribution is -2.60. The number of aliphatic hydroxyl groups is 6. The first-order chi connectivity index (χ1) is 21.7. The molecule has 10 atom stereocenters. The second kappa shape index (κ2) is 19.6. The quantitative estimate of drug-likeness (QED) is 0.0455. The number of aliphatic hydroxyl groups excluding tert-OH is 6. The zero-order valence-electron chi connectivity index (χ0n) is 25.7. The lowest BCUT2D eigenvalue weighted by molar-refractivity contribution is -0.346. The van der Waals surface area contributed by atoms with Gasteiger partial charge in [-0.25, -0.2) is 0 Å². The van der Waals surface area contributed by atoms with E-state index in [1.807, 2.05) is 0 Å². The number of rotatable bonds is 19. The van der Waals surface area contributed by atoms with Gasteiger partial charge < -0.3 is 59.1 Å². The van der Waals surface area contributed by atoms with Gasteiger partial charge in [0.25, 0.3) is 0 Å². The van der Waals surface area contributed by atoms with Gasteiger partial charge >= 0.3 is 0 Å². The summed E-state index contributed by atoms with van der Waals surface area (Å²) < 4.78 is 35.5. The number of hydrogen-bond acceptors (Lipinski definition) is 15. The first-order valence-corrected chi connectivity index (χ1v) is 15.4. The molecule has 0 bridgehead atoms. The maximum Gasteiger partial charge on any atom is 0.189 e. The van der Waals surface area contributed by atoms with Crippen LogP contribution in [0.15, 0.2) is 11.3 Å². The van der Waals surface area contributed by atoms with Crippen molar-refractivity contribution >= 4 is 0 Å². The molecule has 2 aliphatic rings. The Labute approximate surface area is 261 Å². The molecule has 0 spiro atoms. The smallest absolute Gasteiger partial charge is 0.189 e. The average Bonchev–Trinajstić information content (AvgIpc) is 3.46. The fourth-order valence-electron chi connectivity index (χ4n) is 4.77. The second-order valence-electron chi connectivity index (χ2n) is 11.2. The largest absolute Gasteiger partial charge is 0.390 e. The van der Waals surface area contributed by atoms with Crippen LogP contribution >= 0.6 is 0 Å². The van der Waals surface area contributed by atoms with Gasteiger partial charge in [-0.2, -0.15) is 0 Å². The zero-order chi connectivity index (χ0) is 32.8. The van der Waals surface area contributed by atoms with E-state index in [0.717, 1.165) is 25.7 Å². The van der Waals surface area contributed by atoms with Crippen molar-refractivity contribution in [3.05, 3.63) is 22.3 Å². The van der Waals surface area contributed by atoms with Crippen LogP contribution in [-0.4, -0.2) is 147 Å². The zero-order valence-corrected chi connectivity index (χ0v) is 25.7. The lowest BCUT2D eigenvalue weighted by Gasteiger charge is -2.41. The van der Waals surface area contributed by atoms with E-state index in [-0.39, 0.29) is 32.4 Å². The molecule has 0 radical (unpaired) electrons. The van der Waals surface area contributed by atoms with Crippen LogP contribution in [-0.2, 0) is 41.6 Å². The molecule has 6 N–H and O–H groups in total. The topological polar surface area (TPSA) is 256 Å². The van der Waals surface area contributed by atoms with E-state index < -0.39 is 61.2 Å². The summed E-state index contributed by atoms with van der Waals surface area (Å²) in [6.07, 6.45) is -9.20. The Balaban J connectivity index is 1.56. The van der Waals surface area contributed by atoms with Gasteiger partial charge in [-0.1, -0.05) is 37.0 Å². The number of azide groups is 1. The summed E-state index contributed by atoms with van der Waals surface area (Å²) >= 11 is 0. The van der Waals surface area contributed by atoms with Crippen LogP contribution in [0.1, 0.15) is 45.2 Å². The fourth-order valence-corrected chi connectivity index (χ4v) is 4.77. The minimum atomic E-state index is -1.78. The summed E-state index contributed by atoms with van der Waals surface area (Å²) in [5.41, 5.74) is 9.08. The maximum atomic E-state index is 10.8. The van der Waals surface area contributed by atoms with Crippen LogP contribution in [0.4, 0.5) is 0 Å². The molecule has 1 aromatic heterocycles. The summed E-state index contributed by atoms with van der Waals surface area (Å²) in [6, 6.07) is 0.